The Morgan fingerprint density at radius 1 is 1.09 bits per heavy atom. The fourth-order valence-electron chi connectivity index (χ4n) is 3.50. The average Bonchev–Trinajstić information content (AvgIpc) is 3.41. The number of rotatable bonds is 7. The van der Waals surface area contributed by atoms with Crippen molar-refractivity contribution in [3.05, 3.63) is 71.2 Å². The van der Waals surface area contributed by atoms with Crippen molar-refractivity contribution in [2.24, 2.45) is 0 Å². The van der Waals surface area contributed by atoms with E-state index < -0.39 is 5.91 Å². The smallest absolute Gasteiger partial charge is 0.281 e. The van der Waals surface area contributed by atoms with E-state index in [9.17, 15) is 9.59 Å². The number of fused-ring (bicyclic) bond motifs is 1. The van der Waals surface area contributed by atoms with Crippen LogP contribution in [0.3, 0.4) is 0 Å². The molecule has 0 saturated heterocycles. The number of aryl methyl sites for hydroxylation is 1. The van der Waals surface area contributed by atoms with Crippen LogP contribution >= 0.6 is 11.3 Å². The number of amides is 2. The van der Waals surface area contributed by atoms with Crippen molar-refractivity contribution >= 4 is 39.7 Å². The molecule has 0 unspecified atom stereocenters. The maximum absolute atomic E-state index is 12.5. The van der Waals surface area contributed by atoms with Gasteiger partial charge in [0.1, 0.15) is 10.6 Å². The second-order valence-electron chi connectivity index (χ2n) is 7.34. The number of aromatic amines is 1. The predicted molar refractivity (Wildman–Crippen MR) is 128 cm³/mol. The van der Waals surface area contributed by atoms with Crippen LogP contribution in [0.15, 0.2) is 60.8 Å². The van der Waals surface area contributed by atoms with Gasteiger partial charge in [-0.3, -0.25) is 20.4 Å². The highest BCUT2D eigenvalue weighted by Gasteiger charge is 2.16. The Bertz CT molecular complexity index is 1240. The number of hydrazine groups is 1. The monoisotopic (exact) mass is 448 g/mol. The van der Waals surface area contributed by atoms with Crippen molar-refractivity contribution < 1.29 is 14.3 Å². The van der Waals surface area contributed by atoms with E-state index in [1.807, 2.05) is 48.7 Å². The first-order chi connectivity index (χ1) is 15.5. The largest absolute Gasteiger partial charge is 0.497 e. The molecular weight excluding hydrogens is 424 g/mol. The first kappa shape index (κ1) is 21.5. The van der Waals surface area contributed by atoms with Gasteiger partial charge in [-0.25, -0.2) is 0 Å². The molecule has 2 aromatic carbocycles. The van der Waals surface area contributed by atoms with Gasteiger partial charge in [-0.2, -0.15) is 0 Å². The summed E-state index contributed by atoms with van der Waals surface area (Å²) in [6.07, 6.45) is 3.72. The molecule has 0 fully saturated rings. The molecule has 4 rings (SSSR count). The number of nitrogen functional groups attached to an aromatic ring is 1. The van der Waals surface area contributed by atoms with Gasteiger partial charge < -0.3 is 15.5 Å². The highest BCUT2D eigenvalue weighted by Crippen LogP contribution is 2.33. The Labute approximate surface area is 189 Å². The molecule has 0 spiro atoms. The lowest BCUT2D eigenvalue weighted by atomic mass is 10.1. The summed E-state index contributed by atoms with van der Waals surface area (Å²) >= 11 is 1.27. The zero-order valence-corrected chi connectivity index (χ0v) is 18.4. The Balaban J connectivity index is 1.28. The van der Waals surface area contributed by atoms with E-state index in [1.165, 1.54) is 22.3 Å². The molecule has 7 nitrogen and oxygen atoms in total. The summed E-state index contributed by atoms with van der Waals surface area (Å²) in [7, 11) is 1.61. The van der Waals surface area contributed by atoms with E-state index in [0.717, 1.165) is 28.1 Å². The lowest BCUT2D eigenvalue weighted by Gasteiger charge is -2.07. The van der Waals surface area contributed by atoms with Gasteiger partial charge in [0.05, 0.1) is 12.8 Å². The van der Waals surface area contributed by atoms with Crippen molar-refractivity contribution in [3.63, 3.8) is 0 Å². The topological polar surface area (TPSA) is 109 Å². The van der Waals surface area contributed by atoms with Gasteiger partial charge >= 0.3 is 0 Å². The van der Waals surface area contributed by atoms with Crippen LogP contribution in [0.4, 0.5) is 5.69 Å². The molecule has 8 heteroatoms. The van der Waals surface area contributed by atoms with E-state index in [1.54, 1.807) is 13.2 Å². The number of methoxy groups -OCH3 is 1. The van der Waals surface area contributed by atoms with Gasteiger partial charge in [0.15, 0.2) is 0 Å². The second-order valence-corrected chi connectivity index (χ2v) is 8.39. The number of hydrogen-bond acceptors (Lipinski definition) is 5. The van der Waals surface area contributed by atoms with E-state index >= 15 is 0 Å². The number of ether oxygens (including phenoxy) is 1. The number of aromatic nitrogens is 1. The minimum Gasteiger partial charge on any atom is -0.497 e. The van der Waals surface area contributed by atoms with Crippen LogP contribution < -0.4 is 21.3 Å². The highest BCUT2D eigenvalue weighted by atomic mass is 32.1. The molecule has 5 N–H and O–H groups in total. The zero-order chi connectivity index (χ0) is 22.5. The van der Waals surface area contributed by atoms with Crippen molar-refractivity contribution in [2.75, 3.05) is 12.8 Å². The molecule has 0 saturated carbocycles. The van der Waals surface area contributed by atoms with E-state index in [-0.39, 0.29) is 5.91 Å². The normalized spacial score (nSPS) is 10.8. The third kappa shape index (κ3) is 4.76. The molecule has 0 aliphatic rings. The third-order valence-electron chi connectivity index (χ3n) is 5.18. The van der Waals surface area contributed by atoms with Gasteiger partial charge in [0, 0.05) is 28.4 Å². The Kier molecular flexibility index (Phi) is 6.42. The third-order valence-corrected chi connectivity index (χ3v) is 6.38. The fourth-order valence-corrected chi connectivity index (χ4v) is 4.48. The van der Waals surface area contributed by atoms with Crippen LogP contribution in [0.2, 0.25) is 0 Å². The molecular formula is C24H24N4O3S. The zero-order valence-electron chi connectivity index (χ0n) is 17.6. The molecule has 164 valence electrons. The van der Waals surface area contributed by atoms with Crippen LogP contribution in [0.1, 0.15) is 28.1 Å². The van der Waals surface area contributed by atoms with Crippen molar-refractivity contribution in [1.82, 2.24) is 15.8 Å². The standard InChI is InChI=1S/C24H24N4O3S/c1-31-17-11-9-15(10-12-17)21-13-19(25)23(32-21)24(30)28-27-22(29)8-4-5-16-14-26-20-7-3-2-6-18(16)20/h2-3,6-7,9-14,26H,4-5,8,25H2,1H3,(H,27,29)(H,28,30). The molecule has 32 heavy (non-hydrogen) atoms. The molecule has 4 aromatic rings. The van der Waals surface area contributed by atoms with Gasteiger partial charge in [-0.05, 0) is 60.4 Å². The fraction of sp³-hybridized carbons (Fsp3) is 0.167. The summed E-state index contributed by atoms with van der Waals surface area (Å²) < 4.78 is 5.17. The average molecular weight is 449 g/mol. The first-order valence-electron chi connectivity index (χ1n) is 10.2. The maximum atomic E-state index is 12.5. The van der Waals surface area contributed by atoms with Gasteiger partial charge in [0.2, 0.25) is 5.91 Å². The highest BCUT2D eigenvalue weighted by molar-refractivity contribution is 7.18. The Morgan fingerprint density at radius 3 is 2.66 bits per heavy atom. The number of nitrogens with two attached hydrogens (primary N) is 1. The summed E-state index contributed by atoms with van der Waals surface area (Å²) in [6, 6.07) is 17.3. The van der Waals surface area contributed by atoms with Crippen molar-refractivity contribution in [1.29, 1.82) is 0 Å². The van der Waals surface area contributed by atoms with Crippen LogP contribution in [0.5, 0.6) is 5.75 Å². The van der Waals surface area contributed by atoms with Gasteiger partial charge in [-0.1, -0.05) is 18.2 Å². The molecule has 0 aliphatic carbocycles. The lowest BCUT2D eigenvalue weighted by Crippen LogP contribution is -2.41. The molecule has 0 atom stereocenters. The molecule has 0 aliphatic heterocycles. The minimum atomic E-state index is -0.433. The first-order valence-corrected chi connectivity index (χ1v) is 11.0. The summed E-state index contributed by atoms with van der Waals surface area (Å²) in [5.41, 5.74) is 14.5. The van der Waals surface area contributed by atoms with E-state index in [0.29, 0.717) is 23.4 Å². The molecule has 0 radical (unpaired) electrons. The van der Waals surface area contributed by atoms with Crippen molar-refractivity contribution in [2.45, 2.75) is 19.3 Å². The molecule has 2 amide bonds. The number of hydrogen-bond donors (Lipinski definition) is 4. The van der Waals surface area contributed by atoms with Crippen LogP contribution in [0.25, 0.3) is 21.3 Å². The SMILES string of the molecule is COc1ccc(-c2cc(N)c(C(=O)NNC(=O)CCCc3c[nH]c4ccccc34)s2)cc1. The number of para-hydroxylation sites is 1. The maximum Gasteiger partial charge on any atom is 0.281 e. The number of carbonyl (C=O) groups excluding carboxylic acids is 2. The van der Waals surface area contributed by atoms with Gasteiger partial charge in [-0.15, -0.1) is 11.3 Å². The number of carbonyl (C=O) groups is 2. The number of nitrogens with one attached hydrogen (secondary N) is 3. The van der Waals surface area contributed by atoms with E-state index in [2.05, 4.69) is 21.9 Å². The van der Waals surface area contributed by atoms with Gasteiger partial charge in [0.25, 0.3) is 5.91 Å². The van der Waals surface area contributed by atoms with Crippen LogP contribution in [-0.2, 0) is 11.2 Å². The molecule has 2 aromatic heterocycles. The summed E-state index contributed by atoms with van der Waals surface area (Å²) in [5, 5.41) is 1.17. The molecule has 2 heterocycles. The second kappa shape index (κ2) is 9.57. The summed E-state index contributed by atoms with van der Waals surface area (Å²) in [5.74, 6) is 0.0737. The lowest BCUT2D eigenvalue weighted by molar-refractivity contribution is -0.121. The van der Waals surface area contributed by atoms with Crippen LogP contribution in [0, 0.1) is 0 Å². The van der Waals surface area contributed by atoms with Crippen LogP contribution in [-0.4, -0.2) is 23.9 Å². The minimum absolute atomic E-state index is 0.247. The molecule has 0 bridgehead atoms. The summed E-state index contributed by atoms with van der Waals surface area (Å²) in [6.45, 7) is 0. The Hall–Kier alpha value is -3.78. The number of H-pyrrole nitrogens is 1. The number of thiophene rings is 1. The number of benzene rings is 2. The Morgan fingerprint density at radius 2 is 1.88 bits per heavy atom. The number of anilines is 1. The van der Waals surface area contributed by atoms with Crippen molar-refractivity contribution in [3.8, 4) is 16.2 Å². The predicted octanol–water partition coefficient (Wildman–Crippen LogP) is 4.27. The van der Waals surface area contributed by atoms with E-state index in [4.69, 9.17) is 10.5 Å². The quantitative estimate of drug-likeness (QED) is 0.317. The summed E-state index contributed by atoms with van der Waals surface area (Å²) in [4.78, 5) is 29.1.